The number of nitrogens with zero attached hydrogens (tertiary/aromatic N) is 4. The maximum atomic E-state index is 12.2. The fraction of sp³-hybridized carbons (Fsp3) is 0.471. The van der Waals surface area contributed by atoms with Crippen molar-refractivity contribution >= 4 is 5.82 Å². The molecule has 0 unspecified atom stereocenters. The molecule has 2 aromatic rings. The molecule has 1 aromatic carbocycles. The van der Waals surface area contributed by atoms with Gasteiger partial charge in [0.1, 0.15) is 18.1 Å². The highest BCUT2D eigenvalue weighted by molar-refractivity contribution is 5.27. The van der Waals surface area contributed by atoms with E-state index in [0.717, 1.165) is 12.0 Å². The summed E-state index contributed by atoms with van der Waals surface area (Å²) in [5, 5.41) is 10.9. The second-order valence-electron chi connectivity index (χ2n) is 6.36. The van der Waals surface area contributed by atoms with Crippen LogP contribution in [0.1, 0.15) is 18.9 Å². The fourth-order valence-corrected chi connectivity index (χ4v) is 3.19. The number of hydrogen-bond acceptors (Lipinski definition) is 6. The lowest BCUT2D eigenvalue weighted by atomic mass is 10.0. The zero-order valence-corrected chi connectivity index (χ0v) is 14.9. The van der Waals surface area contributed by atoms with Gasteiger partial charge in [0.2, 0.25) is 0 Å². The SMILES string of the molecule is CC[C@H]1Oc2nc([N+](=O)[O-])cn2C[C@@H]1N(C)Cc1ccc(OC(F)F)cc1. The molecule has 0 radical (unpaired) electrons. The van der Waals surface area contributed by atoms with Gasteiger partial charge in [-0.05, 0) is 36.1 Å². The van der Waals surface area contributed by atoms with Gasteiger partial charge in [-0.1, -0.05) is 19.1 Å². The van der Waals surface area contributed by atoms with E-state index in [1.807, 2.05) is 14.0 Å². The Bertz CT molecular complexity index is 797. The maximum absolute atomic E-state index is 12.2. The predicted molar refractivity (Wildman–Crippen MR) is 91.9 cm³/mol. The highest BCUT2D eigenvalue weighted by Gasteiger charge is 2.36. The van der Waals surface area contributed by atoms with Gasteiger partial charge in [-0.25, -0.2) is 0 Å². The summed E-state index contributed by atoms with van der Waals surface area (Å²) in [7, 11) is 1.93. The Morgan fingerprint density at radius 3 is 2.74 bits per heavy atom. The standard InChI is InChI=1S/C17H20F2N4O4/c1-3-14-13(9-22-10-15(23(24)25)20-17(22)27-14)21(2)8-11-4-6-12(7-5-11)26-16(18)19/h4-7,10,13-14,16H,3,8-9H2,1-2H3/t13-,14+/m0/s1. The van der Waals surface area contributed by atoms with Crippen LogP contribution in [-0.2, 0) is 13.1 Å². The van der Waals surface area contributed by atoms with Crippen LogP contribution in [0.5, 0.6) is 11.8 Å². The molecule has 0 aliphatic carbocycles. The van der Waals surface area contributed by atoms with Crippen LogP contribution in [0.15, 0.2) is 30.5 Å². The third-order valence-corrected chi connectivity index (χ3v) is 4.53. The molecule has 1 aliphatic rings. The predicted octanol–water partition coefficient (Wildman–Crippen LogP) is 3.06. The highest BCUT2D eigenvalue weighted by atomic mass is 19.3. The zero-order chi connectivity index (χ0) is 19.6. The van der Waals surface area contributed by atoms with E-state index in [4.69, 9.17) is 4.74 Å². The molecule has 0 saturated heterocycles. The van der Waals surface area contributed by atoms with E-state index >= 15 is 0 Å². The molecule has 10 heteroatoms. The van der Waals surface area contributed by atoms with E-state index < -0.39 is 11.5 Å². The molecule has 0 N–H and O–H groups in total. The van der Waals surface area contributed by atoms with Crippen molar-refractivity contribution in [2.45, 2.75) is 45.2 Å². The number of nitro groups is 1. The number of benzene rings is 1. The average Bonchev–Trinajstić information content (AvgIpc) is 3.05. The number of halogens is 2. The summed E-state index contributed by atoms with van der Waals surface area (Å²) in [5.74, 6) is -0.128. The van der Waals surface area contributed by atoms with Crippen molar-refractivity contribution in [1.82, 2.24) is 14.5 Å². The summed E-state index contributed by atoms with van der Waals surface area (Å²) in [6.45, 7) is 0.204. The Kier molecular flexibility index (Phi) is 5.54. The molecular weight excluding hydrogens is 362 g/mol. The van der Waals surface area contributed by atoms with E-state index in [1.54, 1.807) is 16.7 Å². The highest BCUT2D eigenvalue weighted by Crippen LogP contribution is 2.28. The molecule has 3 rings (SSSR count). The smallest absolute Gasteiger partial charge is 0.414 e. The number of rotatable bonds is 7. The lowest BCUT2D eigenvalue weighted by molar-refractivity contribution is -0.389. The number of imidazole rings is 1. The fourth-order valence-electron chi connectivity index (χ4n) is 3.19. The van der Waals surface area contributed by atoms with Gasteiger partial charge in [0.25, 0.3) is 0 Å². The average molecular weight is 382 g/mol. The Morgan fingerprint density at radius 1 is 1.44 bits per heavy atom. The molecule has 0 spiro atoms. The molecule has 0 saturated carbocycles. The van der Waals surface area contributed by atoms with E-state index in [9.17, 15) is 18.9 Å². The number of hydrogen-bond donors (Lipinski definition) is 0. The summed E-state index contributed by atoms with van der Waals surface area (Å²) in [6.07, 6.45) is 1.93. The zero-order valence-electron chi connectivity index (χ0n) is 14.9. The van der Waals surface area contributed by atoms with E-state index in [-0.39, 0.29) is 29.7 Å². The van der Waals surface area contributed by atoms with Crippen LogP contribution in [0.25, 0.3) is 0 Å². The molecule has 2 atom stereocenters. The summed E-state index contributed by atoms with van der Waals surface area (Å²) < 4.78 is 36.3. The number of aromatic nitrogens is 2. The van der Waals surface area contributed by atoms with E-state index in [2.05, 4.69) is 14.6 Å². The summed E-state index contributed by atoms with van der Waals surface area (Å²) in [4.78, 5) is 16.4. The first kappa shape index (κ1) is 19.0. The van der Waals surface area contributed by atoms with Gasteiger partial charge in [-0.3, -0.25) is 9.47 Å². The van der Waals surface area contributed by atoms with Crippen molar-refractivity contribution in [3.63, 3.8) is 0 Å². The molecule has 1 aliphatic heterocycles. The summed E-state index contributed by atoms with van der Waals surface area (Å²) in [5.41, 5.74) is 0.927. The molecule has 0 bridgehead atoms. The maximum Gasteiger partial charge on any atom is 0.414 e. The van der Waals surface area contributed by atoms with Crippen LogP contribution in [0, 0.1) is 10.1 Å². The monoisotopic (exact) mass is 382 g/mol. The molecule has 8 nitrogen and oxygen atoms in total. The topological polar surface area (TPSA) is 82.7 Å². The molecule has 27 heavy (non-hydrogen) atoms. The molecule has 1 aromatic heterocycles. The van der Waals surface area contributed by atoms with Gasteiger partial charge in [-0.15, -0.1) is 0 Å². The van der Waals surface area contributed by atoms with Crippen LogP contribution >= 0.6 is 0 Å². The molecule has 0 fully saturated rings. The Morgan fingerprint density at radius 2 is 2.15 bits per heavy atom. The molecule has 2 heterocycles. The summed E-state index contributed by atoms with van der Waals surface area (Å²) in [6, 6.07) is 6.70. The van der Waals surface area contributed by atoms with Crippen LogP contribution in [-0.4, -0.2) is 45.2 Å². The largest absolute Gasteiger partial charge is 0.441 e. The second-order valence-corrected chi connectivity index (χ2v) is 6.36. The van der Waals surface area contributed by atoms with Crippen LogP contribution < -0.4 is 9.47 Å². The van der Waals surface area contributed by atoms with Gasteiger partial charge < -0.3 is 19.6 Å². The van der Waals surface area contributed by atoms with E-state index in [1.165, 1.54) is 18.3 Å². The van der Waals surface area contributed by atoms with Gasteiger partial charge in [-0.2, -0.15) is 8.78 Å². The van der Waals surface area contributed by atoms with Crippen molar-refractivity contribution in [2.75, 3.05) is 7.05 Å². The summed E-state index contributed by atoms with van der Waals surface area (Å²) >= 11 is 0. The number of alkyl halides is 2. The number of likely N-dealkylation sites (N-methyl/N-ethyl adjacent to an activating group) is 1. The number of ether oxygens (including phenoxy) is 2. The normalized spacial score (nSPS) is 19.0. The van der Waals surface area contributed by atoms with Gasteiger partial charge in [0.05, 0.1) is 6.04 Å². The molecular formula is C17H20F2N4O4. The lowest BCUT2D eigenvalue weighted by Gasteiger charge is -2.36. The third-order valence-electron chi connectivity index (χ3n) is 4.53. The van der Waals surface area contributed by atoms with Crippen LogP contribution in [0.2, 0.25) is 0 Å². The van der Waals surface area contributed by atoms with Crippen LogP contribution in [0.4, 0.5) is 14.6 Å². The number of fused-ring (bicyclic) bond motifs is 1. The Balaban J connectivity index is 1.71. The minimum atomic E-state index is -2.85. The molecule has 0 amide bonds. The minimum Gasteiger partial charge on any atom is -0.441 e. The first-order valence-electron chi connectivity index (χ1n) is 8.49. The minimum absolute atomic E-state index is 0.0201. The van der Waals surface area contributed by atoms with Gasteiger partial charge in [0, 0.05) is 18.1 Å². The van der Waals surface area contributed by atoms with Crippen molar-refractivity contribution in [2.24, 2.45) is 0 Å². The second kappa shape index (κ2) is 7.87. The Labute approximate surface area is 154 Å². The molecule has 146 valence electrons. The van der Waals surface area contributed by atoms with Crippen molar-refractivity contribution in [1.29, 1.82) is 0 Å². The first-order chi connectivity index (χ1) is 12.9. The van der Waals surface area contributed by atoms with E-state index in [0.29, 0.717) is 13.1 Å². The first-order valence-corrected chi connectivity index (χ1v) is 8.49. The van der Waals surface area contributed by atoms with Crippen molar-refractivity contribution < 1.29 is 23.2 Å². The quantitative estimate of drug-likeness (QED) is 0.541. The van der Waals surface area contributed by atoms with Crippen molar-refractivity contribution in [3.8, 4) is 11.8 Å². The van der Waals surface area contributed by atoms with Crippen molar-refractivity contribution in [3.05, 3.63) is 46.1 Å². The van der Waals surface area contributed by atoms with Gasteiger partial charge >= 0.3 is 18.4 Å². The van der Waals surface area contributed by atoms with Gasteiger partial charge in [0.15, 0.2) is 0 Å². The third kappa shape index (κ3) is 4.33. The Hall–Kier alpha value is -2.75. The lowest BCUT2D eigenvalue weighted by Crippen LogP contribution is -2.49. The van der Waals surface area contributed by atoms with Crippen LogP contribution in [0.3, 0.4) is 0 Å².